The van der Waals surface area contributed by atoms with Gasteiger partial charge in [0.05, 0.1) is 11.7 Å². The maximum Gasteiger partial charge on any atom is 0.0657 e. The van der Waals surface area contributed by atoms with Crippen molar-refractivity contribution < 1.29 is 0 Å². The lowest BCUT2D eigenvalue weighted by Crippen LogP contribution is -2.08. The molecular formula is C17H22N2. The maximum absolute atomic E-state index is 4.37. The Morgan fingerprint density at radius 2 is 1.79 bits per heavy atom. The van der Waals surface area contributed by atoms with Gasteiger partial charge in [0.2, 0.25) is 0 Å². The molecule has 0 aliphatic carbocycles. The fraction of sp³-hybridized carbons (Fsp3) is 0.353. The second-order valence-corrected chi connectivity index (χ2v) is 5.05. The number of hydrogen-bond acceptors (Lipinski definition) is 2. The number of pyridine rings is 1. The van der Waals surface area contributed by atoms with E-state index in [2.05, 4.69) is 55.3 Å². The van der Waals surface area contributed by atoms with Gasteiger partial charge < -0.3 is 5.32 Å². The molecule has 1 heterocycles. The molecule has 2 rings (SSSR count). The largest absolute Gasteiger partial charge is 0.377 e. The van der Waals surface area contributed by atoms with Gasteiger partial charge in [-0.15, -0.1) is 0 Å². The molecule has 0 aliphatic heterocycles. The number of anilines is 1. The van der Waals surface area contributed by atoms with E-state index in [9.17, 15) is 0 Å². The van der Waals surface area contributed by atoms with Crippen molar-refractivity contribution in [1.82, 2.24) is 4.98 Å². The lowest BCUT2D eigenvalue weighted by Gasteiger charge is -2.16. The zero-order valence-electron chi connectivity index (χ0n) is 11.9. The molecule has 2 heteroatoms. The average molecular weight is 254 g/mol. The molecule has 0 bridgehead atoms. The Morgan fingerprint density at radius 1 is 1.05 bits per heavy atom. The van der Waals surface area contributed by atoms with E-state index in [1.165, 1.54) is 12.0 Å². The summed E-state index contributed by atoms with van der Waals surface area (Å²) in [5, 5.41) is 3.48. The summed E-state index contributed by atoms with van der Waals surface area (Å²) in [6.45, 7) is 6.61. The van der Waals surface area contributed by atoms with Crippen LogP contribution >= 0.6 is 0 Å². The van der Waals surface area contributed by atoms with Crippen molar-refractivity contribution >= 4 is 5.69 Å². The molecule has 0 spiro atoms. The zero-order valence-corrected chi connectivity index (χ0v) is 11.9. The summed E-state index contributed by atoms with van der Waals surface area (Å²) in [6.07, 6.45) is 3.01. The molecule has 1 aromatic carbocycles. The van der Waals surface area contributed by atoms with Crippen LogP contribution in [0.1, 0.15) is 50.4 Å². The van der Waals surface area contributed by atoms with Crippen molar-refractivity contribution in [2.75, 3.05) is 5.32 Å². The molecule has 100 valence electrons. The Hall–Kier alpha value is -1.83. The van der Waals surface area contributed by atoms with Gasteiger partial charge >= 0.3 is 0 Å². The SMILES string of the molecule is CCC(C)c1ccc(NC(C)c2ccccn2)cc1. The summed E-state index contributed by atoms with van der Waals surface area (Å²) in [5.74, 6) is 0.627. The van der Waals surface area contributed by atoms with E-state index >= 15 is 0 Å². The van der Waals surface area contributed by atoms with E-state index < -0.39 is 0 Å². The highest BCUT2D eigenvalue weighted by Crippen LogP contribution is 2.22. The van der Waals surface area contributed by atoms with Crippen LogP contribution in [-0.2, 0) is 0 Å². The van der Waals surface area contributed by atoms with Gasteiger partial charge in [-0.25, -0.2) is 0 Å². The second-order valence-electron chi connectivity index (χ2n) is 5.05. The van der Waals surface area contributed by atoms with Crippen LogP contribution in [0.2, 0.25) is 0 Å². The Balaban J connectivity index is 2.04. The van der Waals surface area contributed by atoms with Gasteiger partial charge in [0.25, 0.3) is 0 Å². The number of benzene rings is 1. The fourth-order valence-electron chi connectivity index (χ4n) is 2.10. The van der Waals surface area contributed by atoms with Gasteiger partial charge in [-0.3, -0.25) is 4.98 Å². The fourth-order valence-corrected chi connectivity index (χ4v) is 2.10. The average Bonchev–Trinajstić information content (AvgIpc) is 2.48. The maximum atomic E-state index is 4.37. The summed E-state index contributed by atoms with van der Waals surface area (Å²) in [5.41, 5.74) is 3.61. The minimum atomic E-state index is 0.218. The number of hydrogen-bond donors (Lipinski definition) is 1. The molecule has 1 N–H and O–H groups in total. The van der Waals surface area contributed by atoms with Gasteiger partial charge in [-0.05, 0) is 49.1 Å². The highest BCUT2D eigenvalue weighted by Gasteiger charge is 2.07. The van der Waals surface area contributed by atoms with Gasteiger partial charge in [0.15, 0.2) is 0 Å². The van der Waals surface area contributed by atoms with Crippen LogP contribution in [0.5, 0.6) is 0 Å². The highest BCUT2D eigenvalue weighted by atomic mass is 14.9. The molecule has 19 heavy (non-hydrogen) atoms. The molecule has 2 unspecified atom stereocenters. The van der Waals surface area contributed by atoms with Crippen molar-refractivity contribution in [3.05, 3.63) is 59.9 Å². The van der Waals surface area contributed by atoms with Crippen LogP contribution in [0.3, 0.4) is 0 Å². The smallest absolute Gasteiger partial charge is 0.0657 e. The van der Waals surface area contributed by atoms with Gasteiger partial charge in [0, 0.05) is 11.9 Å². The number of aromatic nitrogens is 1. The number of nitrogens with one attached hydrogen (secondary N) is 1. The van der Waals surface area contributed by atoms with Crippen molar-refractivity contribution in [2.24, 2.45) is 0 Å². The van der Waals surface area contributed by atoms with Crippen LogP contribution in [0.15, 0.2) is 48.7 Å². The number of rotatable bonds is 5. The first-order valence-corrected chi connectivity index (χ1v) is 6.98. The summed E-state index contributed by atoms with van der Waals surface area (Å²) >= 11 is 0. The quantitative estimate of drug-likeness (QED) is 0.831. The lowest BCUT2D eigenvalue weighted by molar-refractivity contribution is 0.733. The topological polar surface area (TPSA) is 24.9 Å². The zero-order chi connectivity index (χ0) is 13.7. The standard InChI is InChI=1S/C17H22N2/c1-4-13(2)15-8-10-16(11-9-15)19-14(3)17-7-5-6-12-18-17/h5-14,19H,4H2,1-3H3. The van der Waals surface area contributed by atoms with Crippen LogP contribution < -0.4 is 5.32 Å². The molecule has 0 saturated heterocycles. The number of nitrogens with zero attached hydrogens (tertiary/aromatic N) is 1. The third kappa shape index (κ3) is 3.57. The predicted molar refractivity (Wildman–Crippen MR) is 81.4 cm³/mol. The molecule has 2 atom stereocenters. The minimum Gasteiger partial charge on any atom is -0.377 e. The highest BCUT2D eigenvalue weighted by molar-refractivity contribution is 5.46. The van der Waals surface area contributed by atoms with E-state index in [4.69, 9.17) is 0 Å². The molecule has 0 saturated carbocycles. The Bertz CT molecular complexity index is 490. The van der Waals surface area contributed by atoms with Crippen molar-refractivity contribution in [3.63, 3.8) is 0 Å². The summed E-state index contributed by atoms with van der Waals surface area (Å²) in [6, 6.07) is 15.0. The van der Waals surface area contributed by atoms with E-state index in [0.717, 1.165) is 11.4 Å². The van der Waals surface area contributed by atoms with Crippen molar-refractivity contribution in [1.29, 1.82) is 0 Å². The summed E-state index contributed by atoms with van der Waals surface area (Å²) in [4.78, 5) is 4.37. The van der Waals surface area contributed by atoms with Gasteiger partial charge in [-0.2, -0.15) is 0 Å². The monoisotopic (exact) mass is 254 g/mol. The summed E-state index contributed by atoms with van der Waals surface area (Å²) in [7, 11) is 0. The molecule has 1 aromatic heterocycles. The first kappa shape index (κ1) is 13.6. The van der Waals surface area contributed by atoms with Gasteiger partial charge in [0.1, 0.15) is 0 Å². The molecule has 0 amide bonds. The van der Waals surface area contributed by atoms with E-state index in [0.29, 0.717) is 5.92 Å². The minimum absolute atomic E-state index is 0.218. The van der Waals surface area contributed by atoms with Crippen molar-refractivity contribution in [2.45, 2.75) is 39.2 Å². The molecular weight excluding hydrogens is 232 g/mol. The normalized spacial score (nSPS) is 13.8. The molecule has 0 aliphatic rings. The first-order valence-electron chi connectivity index (χ1n) is 6.98. The third-order valence-electron chi connectivity index (χ3n) is 3.61. The summed E-state index contributed by atoms with van der Waals surface area (Å²) < 4.78 is 0. The Kier molecular flexibility index (Phi) is 4.56. The van der Waals surface area contributed by atoms with Crippen LogP contribution in [0.25, 0.3) is 0 Å². The Morgan fingerprint density at radius 3 is 2.37 bits per heavy atom. The van der Waals surface area contributed by atoms with Crippen LogP contribution in [-0.4, -0.2) is 4.98 Å². The van der Waals surface area contributed by atoms with E-state index in [1.54, 1.807) is 0 Å². The van der Waals surface area contributed by atoms with Crippen molar-refractivity contribution in [3.8, 4) is 0 Å². The molecule has 2 aromatic rings. The second kappa shape index (κ2) is 6.37. The molecule has 2 nitrogen and oxygen atoms in total. The van der Waals surface area contributed by atoms with E-state index in [-0.39, 0.29) is 6.04 Å². The molecule has 0 radical (unpaired) electrons. The first-order chi connectivity index (χ1) is 9.20. The van der Waals surface area contributed by atoms with Crippen LogP contribution in [0.4, 0.5) is 5.69 Å². The predicted octanol–water partition coefficient (Wildman–Crippen LogP) is 4.77. The van der Waals surface area contributed by atoms with E-state index in [1.807, 2.05) is 24.4 Å². The van der Waals surface area contributed by atoms with Gasteiger partial charge in [-0.1, -0.05) is 32.0 Å². The van der Waals surface area contributed by atoms with Crippen LogP contribution in [0, 0.1) is 0 Å². The third-order valence-corrected chi connectivity index (χ3v) is 3.61. The molecule has 0 fully saturated rings. The Labute approximate surface area is 115 Å². The lowest BCUT2D eigenvalue weighted by atomic mass is 9.98.